The van der Waals surface area contributed by atoms with Crippen molar-refractivity contribution in [2.24, 2.45) is 0 Å². The SMILES string of the molecule is CCOc1ncccc1C(=O)N1CCC2(c3ccccc3)C[C@@H]1CCCO2. The van der Waals surface area contributed by atoms with Crippen LogP contribution in [0.3, 0.4) is 0 Å². The number of benzene rings is 1. The van der Waals surface area contributed by atoms with E-state index in [0.717, 1.165) is 32.3 Å². The van der Waals surface area contributed by atoms with E-state index in [4.69, 9.17) is 9.47 Å². The maximum absolute atomic E-state index is 13.3. The minimum atomic E-state index is -0.281. The van der Waals surface area contributed by atoms with Crippen molar-refractivity contribution < 1.29 is 14.3 Å². The third kappa shape index (κ3) is 3.44. The summed E-state index contributed by atoms with van der Waals surface area (Å²) in [6, 6.07) is 14.2. The highest BCUT2D eigenvalue weighted by Crippen LogP contribution is 2.43. The van der Waals surface area contributed by atoms with Crippen LogP contribution in [0.2, 0.25) is 0 Å². The molecule has 1 aromatic heterocycles. The lowest BCUT2D eigenvalue weighted by molar-refractivity contribution is -0.0831. The molecule has 0 radical (unpaired) electrons. The van der Waals surface area contributed by atoms with Crippen molar-refractivity contribution in [3.05, 3.63) is 59.8 Å². The van der Waals surface area contributed by atoms with Gasteiger partial charge in [-0.2, -0.15) is 0 Å². The molecule has 3 heterocycles. The molecule has 5 heteroatoms. The summed E-state index contributed by atoms with van der Waals surface area (Å²) in [5.41, 5.74) is 1.49. The van der Waals surface area contributed by atoms with Crippen molar-refractivity contribution in [1.29, 1.82) is 0 Å². The van der Waals surface area contributed by atoms with Crippen LogP contribution in [0.15, 0.2) is 48.7 Å². The second kappa shape index (κ2) is 7.69. The number of fused-ring (bicyclic) bond motifs is 2. The van der Waals surface area contributed by atoms with E-state index in [-0.39, 0.29) is 17.6 Å². The fraction of sp³-hybridized carbons (Fsp3) is 0.455. The van der Waals surface area contributed by atoms with Crippen molar-refractivity contribution in [3.63, 3.8) is 0 Å². The number of carbonyl (C=O) groups is 1. The van der Waals surface area contributed by atoms with Gasteiger partial charge >= 0.3 is 0 Å². The standard InChI is InChI=1S/C22H26N2O3/c1-2-26-20-19(11-6-13-23-20)21(25)24-14-12-22(17-8-4-3-5-9-17)16-18(24)10-7-15-27-22/h3-6,8-9,11,13,18H,2,7,10,12,14-16H2,1H3/t18-,22?/m0/s1. The van der Waals surface area contributed by atoms with Gasteiger partial charge in [0.25, 0.3) is 5.91 Å². The zero-order valence-corrected chi connectivity index (χ0v) is 15.8. The number of amides is 1. The Balaban J connectivity index is 1.61. The predicted octanol–water partition coefficient (Wildman–Crippen LogP) is 3.79. The summed E-state index contributed by atoms with van der Waals surface area (Å²) in [6.07, 6.45) is 5.24. The molecule has 2 aliphatic rings. The third-order valence-corrected chi connectivity index (χ3v) is 5.67. The zero-order chi connectivity index (χ0) is 18.7. The highest BCUT2D eigenvalue weighted by molar-refractivity contribution is 5.96. The molecule has 0 saturated carbocycles. The van der Waals surface area contributed by atoms with Gasteiger partial charge < -0.3 is 14.4 Å². The number of carbonyl (C=O) groups excluding carboxylic acids is 1. The Labute approximate surface area is 160 Å². The molecule has 5 nitrogen and oxygen atoms in total. The van der Waals surface area contributed by atoms with Gasteiger partial charge in [-0.25, -0.2) is 4.98 Å². The van der Waals surface area contributed by atoms with Crippen molar-refractivity contribution in [1.82, 2.24) is 9.88 Å². The highest BCUT2D eigenvalue weighted by Gasteiger charge is 2.45. The van der Waals surface area contributed by atoms with Gasteiger partial charge in [0.2, 0.25) is 5.88 Å². The molecule has 2 bridgehead atoms. The van der Waals surface area contributed by atoms with Crippen LogP contribution in [-0.2, 0) is 10.3 Å². The molecule has 0 N–H and O–H groups in total. The first-order chi connectivity index (χ1) is 13.2. The summed E-state index contributed by atoms with van der Waals surface area (Å²) >= 11 is 0. The molecule has 4 rings (SSSR count). The van der Waals surface area contributed by atoms with Crippen molar-refractivity contribution >= 4 is 5.91 Å². The Morgan fingerprint density at radius 3 is 2.96 bits per heavy atom. The second-order valence-corrected chi connectivity index (χ2v) is 7.25. The van der Waals surface area contributed by atoms with E-state index >= 15 is 0 Å². The first-order valence-electron chi connectivity index (χ1n) is 9.82. The lowest BCUT2D eigenvalue weighted by atomic mass is 9.80. The lowest BCUT2D eigenvalue weighted by Gasteiger charge is -2.45. The van der Waals surface area contributed by atoms with Crippen LogP contribution in [-0.4, -0.2) is 41.6 Å². The van der Waals surface area contributed by atoms with E-state index in [2.05, 4.69) is 29.2 Å². The Kier molecular flexibility index (Phi) is 5.12. The van der Waals surface area contributed by atoms with Gasteiger partial charge in [-0.3, -0.25) is 4.79 Å². The average molecular weight is 366 g/mol. The Bertz CT molecular complexity index is 795. The Hall–Kier alpha value is -2.40. The van der Waals surface area contributed by atoms with E-state index < -0.39 is 0 Å². The molecule has 2 aromatic rings. The summed E-state index contributed by atoms with van der Waals surface area (Å²) in [5.74, 6) is 0.440. The smallest absolute Gasteiger partial charge is 0.259 e. The van der Waals surface area contributed by atoms with Crippen molar-refractivity contribution in [2.45, 2.75) is 44.2 Å². The summed E-state index contributed by atoms with van der Waals surface area (Å²) in [5, 5.41) is 0. The topological polar surface area (TPSA) is 51.7 Å². The number of ether oxygens (including phenoxy) is 2. The minimum absolute atomic E-state index is 0.0140. The average Bonchev–Trinajstić information content (AvgIpc) is 2.89. The van der Waals surface area contributed by atoms with Gasteiger partial charge in [0.05, 0.1) is 12.2 Å². The Morgan fingerprint density at radius 2 is 2.15 bits per heavy atom. The third-order valence-electron chi connectivity index (χ3n) is 5.67. The van der Waals surface area contributed by atoms with Gasteiger partial charge in [0, 0.05) is 31.8 Å². The molecular weight excluding hydrogens is 340 g/mol. The van der Waals surface area contributed by atoms with Crippen LogP contribution >= 0.6 is 0 Å². The van der Waals surface area contributed by atoms with Gasteiger partial charge in [-0.15, -0.1) is 0 Å². The van der Waals surface area contributed by atoms with Crippen molar-refractivity contribution in [2.75, 3.05) is 19.8 Å². The van der Waals surface area contributed by atoms with Crippen LogP contribution in [0.1, 0.15) is 48.5 Å². The minimum Gasteiger partial charge on any atom is -0.477 e. The van der Waals surface area contributed by atoms with Crippen LogP contribution in [0.4, 0.5) is 0 Å². The Morgan fingerprint density at radius 1 is 1.30 bits per heavy atom. The quantitative estimate of drug-likeness (QED) is 0.826. The van der Waals surface area contributed by atoms with E-state index in [1.807, 2.05) is 24.0 Å². The fourth-order valence-electron chi connectivity index (χ4n) is 4.37. The number of likely N-dealkylation sites (tertiary alicyclic amines) is 1. The summed E-state index contributed by atoms with van der Waals surface area (Å²) < 4.78 is 12.0. The molecule has 142 valence electrons. The van der Waals surface area contributed by atoms with Crippen LogP contribution in [0.25, 0.3) is 0 Å². The fourth-order valence-corrected chi connectivity index (χ4v) is 4.37. The van der Waals surface area contributed by atoms with Crippen molar-refractivity contribution in [3.8, 4) is 5.88 Å². The van der Waals surface area contributed by atoms with Gasteiger partial charge in [-0.05, 0) is 43.9 Å². The molecule has 2 aliphatic heterocycles. The number of aromatic nitrogens is 1. The van der Waals surface area contributed by atoms with Crippen LogP contribution in [0.5, 0.6) is 5.88 Å². The largest absolute Gasteiger partial charge is 0.477 e. The molecule has 2 atom stereocenters. The molecule has 2 saturated heterocycles. The van der Waals surface area contributed by atoms with Crippen LogP contribution < -0.4 is 4.74 Å². The van der Waals surface area contributed by atoms with E-state index in [0.29, 0.717) is 24.6 Å². The van der Waals surface area contributed by atoms with Gasteiger partial charge in [0.15, 0.2) is 0 Å². The summed E-state index contributed by atoms with van der Waals surface area (Å²) in [6.45, 7) is 3.82. The van der Waals surface area contributed by atoms with Crippen LogP contribution in [0, 0.1) is 0 Å². The predicted molar refractivity (Wildman–Crippen MR) is 103 cm³/mol. The molecule has 27 heavy (non-hydrogen) atoms. The number of piperidine rings is 1. The number of nitrogens with zero attached hydrogens (tertiary/aromatic N) is 2. The molecular formula is C22H26N2O3. The summed E-state index contributed by atoms with van der Waals surface area (Å²) in [7, 11) is 0. The normalized spacial score (nSPS) is 24.9. The number of hydrogen-bond acceptors (Lipinski definition) is 4. The second-order valence-electron chi connectivity index (χ2n) is 7.25. The molecule has 0 aliphatic carbocycles. The molecule has 0 spiro atoms. The van der Waals surface area contributed by atoms with E-state index in [1.54, 1.807) is 12.3 Å². The highest BCUT2D eigenvalue weighted by atomic mass is 16.5. The first kappa shape index (κ1) is 18.0. The molecule has 1 aromatic carbocycles. The van der Waals surface area contributed by atoms with E-state index in [1.165, 1.54) is 5.56 Å². The number of hydrogen-bond donors (Lipinski definition) is 0. The first-order valence-corrected chi connectivity index (χ1v) is 9.82. The number of pyridine rings is 1. The van der Waals surface area contributed by atoms with Gasteiger partial charge in [-0.1, -0.05) is 30.3 Å². The monoisotopic (exact) mass is 366 g/mol. The lowest BCUT2D eigenvalue weighted by Crippen LogP contribution is -2.51. The van der Waals surface area contributed by atoms with Gasteiger partial charge in [0.1, 0.15) is 5.56 Å². The molecule has 1 amide bonds. The molecule has 2 fully saturated rings. The zero-order valence-electron chi connectivity index (χ0n) is 15.8. The van der Waals surface area contributed by atoms with E-state index in [9.17, 15) is 4.79 Å². The maximum Gasteiger partial charge on any atom is 0.259 e. The number of rotatable bonds is 4. The molecule has 1 unspecified atom stereocenters. The maximum atomic E-state index is 13.3. The summed E-state index contributed by atoms with van der Waals surface area (Å²) in [4.78, 5) is 19.6.